The molecule has 0 amide bonds. The number of hydrogen-bond donors (Lipinski definition) is 1. The van der Waals surface area contributed by atoms with Crippen LogP contribution in [-0.4, -0.2) is 11.1 Å². The van der Waals surface area contributed by atoms with Crippen molar-refractivity contribution in [2.75, 3.05) is 0 Å². The first-order valence-electron chi connectivity index (χ1n) is 5.47. The van der Waals surface area contributed by atoms with Crippen LogP contribution in [0.5, 0.6) is 5.75 Å². The van der Waals surface area contributed by atoms with Crippen LogP contribution in [0.1, 0.15) is 15.9 Å². The van der Waals surface area contributed by atoms with Crippen LogP contribution in [0.2, 0.25) is 0 Å². The van der Waals surface area contributed by atoms with Crippen molar-refractivity contribution >= 4 is 44.5 Å². The molecular weight excluding hydrogens is 423 g/mol. The molecule has 3 nitrogen and oxygen atoms in total. The van der Waals surface area contributed by atoms with Crippen molar-refractivity contribution < 1.29 is 14.6 Å². The molecule has 19 heavy (non-hydrogen) atoms. The Morgan fingerprint density at radius 1 is 1.21 bits per heavy atom. The average molecular weight is 433 g/mol. The lowest BCUT2D eigenvalue weighted by Crippen LogP contribution is -2.04. The molecule has 2 aromatic carbocycles. The predicted molar refractivity (Wildman–Crippen MR) is 84.6 cm³/mol. The molecule has 0 heterocycles. The third-order valence-electron chi connectivity index (χ3n) is 2.49. The van der Waals surface area contributed by atoms with Gasteiger partial charge in [-0.2, -0.15) is 0 Å². The Balaban J connectivity index is 2.19. The third kappa shape index (κ3) is 3.70. The van der Waals surface area contributed by atoms with Gasteiger partial charge >= 0.3 is 5.97 Å². The highest BCUT2D eigenvalue weighted by Crippen LogP contribution is 2.29. The second-order valence-electron chi connectivity index (χ2n) is 3.84. The van der Waals surface area contributed by atoms with Crippen LogP contribution in [0.25, 0.3) is 0 Å². The molecular formula is C14H10BrIO3. The van der Waals surface area contributed by atoms with Gasteiger partial charge in [-0.1, -0.05) is 18.2 Å². The highest BCUT2D eigenvalue weighted by atomic mass is 127. The van der Waals surface area contributed by atoms with Gasteiger partial charge in [-0.05, 0) is 68.3 Å². The molecule has 0 aliphatic carbocycles. The van der Waals surface area contributed by atoms with Crippen LogP contribution in [-0.2, 0) is 6.61 Å². The van der Waals surface area contributed by atoms with Crippen LogP contribution < -0.4 is 4.74 Å². The fraction of sp³-hybridized carbons (Fsp3) is 0.0714. The number of carbonyl (C=O) groups is 1. The van der Waals surface area contributed by atoms with Gasteiger partial charge in [-0.3, -0.25) is 0 Å². The Morgan fingerprint density at radius 2 is 1.89 bits per heavy atom. The zero-order valence-corrected chi connectivity index (χ0v) is 13.5. The third-order valence-corrected chi connectivity index (χ3v) is 3.84. The van der Waals surface area contributed by atoms with Crippen molar-refractivity contribution in [3.63, 3.8) is 0 Å². The summed E-state index contributed by atoms with van der Waals surface area (Å²) < 4.78 is 7.41. The monoisotopic (exact) mass is 432 g/mol. The largest absolute Gasteiger partial charge is 0.487 e. The van der Waals surface area contributed by atoms with Gasteiger partial charge in [0.15, 0.2) is 0 Å². The number of carboxylic acids is 1. The molecule has 5 heteroatoms. The highest BCUT2D eigenvalue weighted by molar-refractivity contribution is 14.1. The van der Waals surface area contributed by atoms with Crippen molar-refractivity contribution in [3.05, 3.63) is 61.6 Å². The van der Waals surface area contributed by atoms with Crippen molar-refractivity contribution in [2.45, 2.75) is 6.61 Å². The molecule has 0 fully saturated rings. The maximum atomic E-state index is 11.1. The van der Waals surface area contributed by atoms with Gasteiger partial charge < -0.3 is 9.84 Å². The molecule has 0 aliphatic rings. The van der Waals surface area contributed by atoms with E-state index in [1.165, 1.54) is 6.07 Å². The summed E-state index contributed by atoms with van der Waals surface area (Å²) >= 11 is 5.54. The zero-order chi connectivity index (χ0) is 13.8. The van der Waals surface area contributed by atoms with Gasteiger partial charge in [0.1, 0.15) is 17.9 Å². The lowest BCUT2D eigenvalue weighted by molar-refractivity contribution is 0.0691. The quantitative estimate of drug-likeness (QED) is 0.731. The number of carboxylic acid groups (broad SMARTS) is 1. The molecule has 0 aliphatic heterocycles. The van der Waals surface area contributed by atoms with E-state index in [1.54, 1.807) is 12.1 Å². The summed E-state index contributed by atoms with van der Waals surface area (Å²) in [5, 5.41) is 9.12. The minimum Gasteiger partial charge on any atom is -0.487 e. The van der Waals surface area contributed by atoms with Gasteiger partial charge in [-0.25, -0.2) is 4.79 Å². The topological polar surface area (TPSA) is 46.5 Å². The SMILES string of the molecule is O=C(O)c1cccc(Br)c1OCc1ccc(I)cc1. The fourth-order valence-electron chi connectivity index (χ4n) is 1.56. The molecule has 0 atom stereocenters. The lowest BCUT2D eigenvalue weighted by atomic mass is 10.2. The predicted octanol–water partition coefficient (Wildman–Crippen LogP) is 4.33. The summed E-state index contributed by atoms with van der Waals surface area (Å²) in [5.41, 5.74) is 1.15. The summed E-state index contributed by atoms with van der Waals surface area (Å²) in [7, 11) is 0. The van der Waals surface area contributed by atoms with E-state index in [0.29, 0.717) is 16.8 Å². The summed E-state index contributed by atoms with van der Waals surface area (Å²) in [6.45, 7) is 0.333. The first-order valence-corrected chi connectivity index (χ1v) is 7.34. The van der Waals surface area contributed by atoms with Gasteiger partial charge in [0.05, 0.1) is 4.47 Å². The smallest absolute Gasteiger partial charge is 0.339 e. The van der Waals surface area contributed by atoms with Crippen LogP contribution in [0.15, 0.2) is 46.9 Å². The molecule has 2 rings (SSSR count). The van der Waals surface area contributed by atoms with Crippen LogP contribution >= 0.6 is 38.5 Å². The fourth-order valence-corrected chi connectivity index (χ4v) is 2.40. The average Bonchev–Trinajstić information content (AvgIpc) is 2.39. The normalized spacial score (nSPS) is 10.2. The van der Waals surface area contributed by atoms with Gasteiger partial charge in [0, 0.05) is 3.57 Å². The van der Waals surface area contributed by atoms with E-state index in [2.05, 4.69) is 38.5 Å². The Hall–Kier alpha value is -1.08. The van der Waals surface area contributed by atoms with E-state index < -0.39 is 5.97 Å². The van der Waals surface area contributed by atoms with Crippen molar-refractivity contribution in [2.24, 2.45) is 0 Å². The first-order chi connectivity index (χ1) is 9.08. The zero-order valence-electron chi connectivity index (χ0n) is 9.77. The Morgan fingerprint density at radius 3 is 2.53 bits per heavy atom. The van der Waals surface area contributed by atoms with Crippen LogP contribution in [0, 0.1) is 3.57 Å². The summed E-state index contributed by atoms with van der Waals surface area (Å²) in [6.07, 6.45) is 0. The molecule has 0 spiro atoms. The molecule has 0 saturated carbocycles. The molecule has 2 aromatic rings. The number of aromatic carboxylic acids is 1. The van der Waals surface area contributed by atoms with Gasteiger partial charge in [-0.15, -0.1) is 0 Å². The van der Waals surface area contributed by atoms with Crippen LogP contribution in [0.4, 0.5) is 0 Å². The van der Waals surface area contributed by atoms with Gasteiger partial charge in [0.2, 0.25) is 0 Å². The number of benzene rings is 2. The molecule has 1 N–H and O–H groups in total. The minimum absolute atomic E-state index is 0.153. The van der Waals surface area contributed by atoms with E-state index in [9.17, 15) is 4.79 Å². The van der Waals surface area contributed by atoms with E-state index in [1.807, 2.05) is 24.3 Å². The first kappa shape index (κ1) is 14.3. The van der Waals surface area contributed by atoms with Crippen molar-refractivity contribution in [1.29, 1.82) is 0 Å². The summed E-state index contributed by atoms with van der Waals surface area (Å²) in [5.74, 6) is -0.646. The van der Waals surface area contributed by atoms with E-state index in [0.717, 1.165) is 9.13 Å². The van der Waals surface area contributed by atoms with Gasteiger partial charge in [0.25, 0.3) is 0 Å². The number of hydrogen-bond acceptors (Lipinski definition) is 2. The number of rotatable bonds is 4. The van der Waals surface area contributed by atoms with Crippen LogP contribution in [0.3, 0.4) is 0 Å². The second-order valence-corrected chi connectivity index (χ2v) is 5.94. The van der Waals surface area contributed by atoms with E-state index in [4.69, 9.17) is 9.84 Å². The standard InChI is InChI=1S/C14H10BrIO3/c15-12-3-1-2-11(14(17)18)13(12)19-8-9-4-6-10(16)7-5-9/h1-7H,8H2,(H,17,18). The number of halogens is 2. The van der Waals surface area contributed by atoms with Crippen molar-refractivity contribution in [3.8, 4) is 5.75 Å². The number of para-hydroxylation sites is 1. The maximum Gasteiger partial charge on any atom is 0.339 e. The molecule has 98 valence electrons. The molecule has 0 saturated heterocycles. The molecule has 0 aromatic heterocycles. The highest BCUT2D eigenvalue weighted by Gasteiger charge is 2.14. The molecule has 0 bridgehead atoms. The Bertz CT molecular complexity index is 596. The Labute approximate surface area is 132 Å². The van der Waals surface area contributed by atoms with E-state index >= 15 is 0 Å². The summed E-state index contributed by atoms with van der Waals surface area (Å²) in [6, 6.07) is 12.8. The molecule has 0 unspecified atom stereocenters. The lowest BCUT2D eigenvalue weighted by Gasteiger charge is -2.11. The van der Waals surface area contributed by atoms with E-state index in [-0.39, 0.29) is 5.56 Å². The van der Waals surface area contributed by atoms with Crippen molar-refractivity contribution in [1.82, 2.24) is 0 Å². The number of ether oxygens (including phenoxy) is 1. The second kappa shape index (κ2) is 6.38. The summed E-state index contributed by atoms with van der Waals surface area (Å²) in [4.78, 5) is 11.1. The minimum atomic E-state index is -1.00. The maximum absolute atomic E-state index is 11.1. The Kier molecular flexibility index (Phi) is 4.81. The molecule has 0 radical (unpaired) electrons.